The standard InChI is InChI=1S/C15H20N2O3/c1-3-15(6-7-16-9-15)14(20)17-12-5-4-11(13(18)19)8-10(12)2/h4-5,8,16H,3,6-7,9H2,1-2H3,(H,17,20)(H,18,19). The van der Waals surface area contributed by atoms with Crippen LogP contribution in [0.25, 0.3) is 0 Å². The first-order chi connectivity index (χ1) is 9.48. The second-order valence-corrected chi connectivity index (χ2v) is 5.35. The lowest BCUT2D eigenvalue weighted by Gasteiger charge is -2.25. The first-order valence-corrected chi connectivity index (χ1v) is 6.84. The van der Waals surface area contributed by atoms with Crippen LogP contribution in [0.5, 0.6) is 0 Å². The summed E-state index contributed by atoms with van der Waals surface area (Å²) < 4.78 is 0. The van der Waals surface area contributed by atoms with Gasteiger partial charge in [-0.1, -0.05) is 6.92 Å². The molecule has 0 radical (unpaired) electrons. The summed E-state index contributed by atoms with van der Waals surface area (Å²) in [6, 6.07) is 4.74. The lowest BCUT2D eigenvalue weighted by molar-refractivity contribution is -0.124. The lowest BCUT2D eigenvalue weighted by Crippen LogP contribution is -2.37. The van der Waals surface area contributed by atoms with E-state index >= 15 is 0 Å². The van der Waals surface area contributed by atoms with Crippen LogP contribution in [0.4, 0.5) is 5.69 Å². The molecule has 5 nitrogen and oxygen atoms in total. The van der Waals surface area contributed by atoms with Crippen molar-refractivity contribution in [1.29, 1.82) is 0 Å². The molecule has 1 saturated heterocycles. The normalized spacial score (nSPS) is 21.7. The third-order valence-electron chi connectivity index (χ3n) is 4.12. The third kappa shape index (κ3) is 2.67. The highest BCUT2D eigenvalue weighted by Gasteiger charge is 2.39. The molecule has 1 aromatic carbocycles. The molecule has 1 heterocycles. The Morgan fingerprint density at radius 1 is 1.45 bits per heavy atom. The molecular weight excluding hydrogens is 256 g/mol. The number of rotatable bonds is 4. The van der Waals surface area contributed by atoms with Crippen LogP contribution in [0.15, 0.2) is 18.2 Å². The second kappa shape index (κ2) is 5.63. The number of nitrogens with one attached hydrogen (secondary N) is 2. The van der Waals surface area contributed by atoms with E-state index in [1.807, 2.05) is 6.92 Å². The number of anilines is 1. The molecule has 1 aromatic rings. The van der Waals surface area contributed by atoms with E-state index in [2.05, 4.69) is 10.6 Å². The summed E-state index contributed by atoms with van der Waals surface area (Å²) in [7, 11) is 0. The smallest absolute Gasteiger partial charge is 0.335 e. The summed E-state index contributed by atoms with van der Waals surface area (Å²) >= 11 is 0. The van der Waals surface area contributed by atoms with Crippen LogP contribution in [-0.2, 0) is 4.79 Å². The molecule has 1 amide bonds. The number of carbonyl (C=O) groups excluding carboxylic acids is 1. The summed E-state index contributed by atoms with van der Waals surface area (Å²) in [4.78, 5) is 23.4. The summed E-state index contributed by atoms with van der Waals surface area (Å²) in [6.45, 7) is 5.38. The number of aromatic carboxylic acids is 1. The number of amides is 1. The van der Waals surface area contributed by atoms with Gasteiger partial charge in [0.05, 0.1) is 11.0 Å². The van der Waals surface area contributed by atoms with E-state index in [1.54, 1.807) is 19.1 Å². The fourth-order valence-electron chi connectivity index (χ4n) is 2.59. The Bertz CT molecular complexity index is 534. The predicted molar refractivity (Wildman–Crippen MR) is 77.0 cm³/mol. The molecule has 0 bridgehead atoms. The SMILES string of the molecule is CCC1(C(=O)Nc2ccc(C(=O)O)cc2C)CCNC1. The lowest BCUT2D eigenvalue weighted by atomic mass is 9.83. The zero-order chi connectivity index (χ0) is 14.8. The summed E-state index contributed by atoms with van der Waals surface area (Å²) in [6.07, 6.45) is 1.62. The van der Waals surface area contributed by atoms with Gasteiger partial charge in [0.25, 0.3) is 0 Å². The molecule has 0 aromatic heterocycles. The maximum Gasteiger partial charge on any atom is 0.335 e. The van der Waals surface area contributed by atoms with Crippen LogP contribution in [0, 0.1) is 12.3 Å². The highest BCUT2D eigenvalue weighted by molar-refractivity contribution is 5.97. The number of hydrogen-bond acceptors (Lipinski definition) is 3. The van der Waals surface area contributed by atoms with E-state index in [1.165, 1.54) is 6.07 Å². The minimum atomic E-state index is -0.962. The van der Waals surface area contributed by atoms with E-state index in [9.17, 15) is 9.59 Å². The van der Waals surface area contributed by atoms with E-state index in [0.29, 0.717) is 12.2 Å². The number of hydrogen-bond donors (Lipinski definition) is 3. The van der Waals surface area contributed by atoms with Crippen molar-refractivity contribution in [3.8, 4) is 0 Å². The quantitative estimate of drug-likeness (QED) is 0.786. The zero-order valence-electron chi connectivity index (χ0n) is 11.8. The molecule has 5 heteroatoms. The number of carboxylic acid groups (broad SMARTS) is 1. The molecule has 1 atom stereocenters. The van der Waals surface area contributed by atoms with E-state index < -0.39 is 5.97 Å². The first kappa shape index (κ1) is 14.5. The van der Waals surface area contributed by atoms with Gasteiger partial charge in [-0.2, -0.15) is 0 Å². The maximum absolute atomic E-state index is 12.5. The van der Waals surface area contributed by atoms with E-state index in [0.717, 1.165) is 24.9 Å². The molecule has 108 valence electrons. The molecule has 1 fully saturated rings. The fraction of sp³-hybridized carbons (Fsp3) is 0.467. The Labute approximate surface area is 118 Å². The highest BCUT2D eigenvalue weighted by Crippen LogP contribution is 2.31. The third-order valence-corrected chi connectivity index (χ3v) is 4.12. The zero-order valence-corrected chi connectivity index (χ0v) is 11.8. The monoisotopic (exact) mass is 276 g/mol. The molecule has 3 N–H and O–H groups in total. The van der Waals surface area contributed by atoms with Crippen LogP contribution in [0.2, 0.25) is 0 Å². The summed E-state index contributed by atoms with van der Waals surface area (Å²) in [5.74, 6) is -0.952. The van der Waals surface area contributed by atoms with Gasteiger partial charge >= 0.3 is 5.97 Å². The van der Waals surface area contributed by atoms with Gasteiger partial charge in [0.2, 0.25) is 5.91 Å². The topological polar surface area (TPSA) is 78.4 Å². The fourth-order valence-corrected chi connectivity index (χ4v) is 2.59. The average molecular weight is 276 g/mol. The van der Waals surface area contributed by atoms with Crippen LogP contribution >= 0.6 is 0 Å². The van der Waals surface area contributed by atoms with Crippen LogP contribution in [0.1, 0.15) is 35.7 Å². The Morgan fingerprint density at radius 3 is 2.70 bits per heavy atom. The van der Waals surface area contributed by atoms with Crippen molar-refractivity contribution >= 4 is 17.6 Å². The van der Waals surface area contributed by atoms with Crippen LogP contribution in [0.3, 0.4) is 0 Å². The molecule has 1 unspecified atom stereocenters. The van der Waals surface area contributed by atoms with Gasteiger partial charge in [0, 0.05) is 12.2 Å². The molecular formula is C15H20N2O3. The molecule has 2 rings (SSSR count). The van der Waals surface area contributed by atoms with Gasteiger partial charge in [0.1, 0.15) is 0 Å². The van der Waals surface area contributed by atoms with Crippen molar-refractivity contribution < 1.29 is 14.7 Å². The number of carboxylic acids is 1. The predicted octanol–water partition coefficient (Wildman–Crippen LogP) is 2.02. The second-order valence-electron chi connectivity index (χ2n) is 5.35. The molecule has 0 spiro atoms. The Balaban J connectivity index is 2.17. The number of benzene rings is 1. The van der Waals surface area contributed by atoms with Crippen molar-refractivity contribution in [2.24, 2.45) is 5.41 Å². The maximum atomic E-state index is 12.5. The molecule has 0 saturated carbocycles. The number of aryl methyl sites for hydroxylation is 1. The first-order valence-electron chi connectivity index (χ1n) is 6.84. The average Bonchev–Trinajstić information content (AvgIpc) is 2.90. The Kier molecular flexibility index (Phi) is 4.09. The molecule has 1 aliphatic heterocycles. The van der Waals surface area contributed by atoms with E-state index in [-0.39, 0.29) is 16.9 Å². The van der Waals surface area contributed by atoms with Gasteiger partial charge in [-0.25, -0.2) is 4.79 Å². The van der Waals surface area contributed by atoms with Crippen LogP contribution in [-0.4, -0.2) is 30.1 Å². The van der Waals surface area contributed by atoms with Crippen molar-refractivity contribution in [1.82, 2.24) is 5.32 Å². The van der Waals surface area contributed by atoms with E-state index in [4.69, 9.17) is 5.11 Å². The van der Waals surface area contributed by atoms with Gasteiger partial charge in [-0.3, -0.25) is 4.79 Å². The van der Waals surface area contributed by atoms with Crippen molar-refractivity contribution in [2.45, 2.75) is 26.7 Å². The van der Waals surface area contributed by atoms with Gasteiger partial charge in [0.15, 0.2) is 0 Å². The molecule has 0 aliphatic carbocycles. The minimum absolute atomic E-state index is 0.0103. The Hall–Kier alpha value is -1.88. The van der Waals surface area contributed by atoms with Crippen molar-refractivity contribution in [3.05, 3.63) is 29.3 Å². The largest absolute Gasteiger partial charge is 0.478 e. The highest BCUT2D eigenvalue weighted by atomic mass is 16.4. The minimum Gasteiger partial charge on any atom is -0.478 e. The van der Waals surface area contributed by atoms with Gasteiger partial charge in [-0.15, -0.1) is 0 Å². The summed E-state index contributed by atoms with van der Waals surface area (Å²) in [5.41, 5.74) is 1.32. The molecule has 1 aliphatic rings. The van der Waals surface area contributed by atoms with Crippen molar-refractivity contribution in [3.63, 3.8) is 0 Å². The number of carbonyl (C=O) groups is 2. The van der Waals surface area contributed by atoms with Gasteiger partial charge in [-0.05, 0) is 50.1 Å². The van der Waals surface area contributed by atoms with Crippen LogP contribution < -0.4 is 10.6 Å². The Morgan fingerprint density at radius 2 is 2.20 bits per heavy atom. The van der Waals surface area contributed by atoms with Crippen molar-refractivity contribution in [2.75, 3.05) is 18.4 Å². The summed E-state index contributed by atoms with van der Waals surface area (Å²) in [5, 5.41) is 15.1. The van der Waals surface area contributed by atoms with Gasteiger partial charge < -0.3 is 15.7 Å². The molecule has 20 heavy (non-hydrogen) atoms.